The molecule has 0 radical (unpaired) electrons. The molecule has 0 fully saturated rings. The molecule has 0 saturated heterocycles. The van der Waals surface area contributed by atoms with Crippen LogP contribution in [-0.4, -0.2) is 5.11 Å². The van der Waals surface area contributed by atoms with Crippen LogP contribution in [0.4, 0.5) is 0 Å². The van der Waals surface area contributed by atoms with E-state index in [1.807, 2.05) is 60.7 Å². The lowest BCUT2D eigenvalue weighted by Gasteiger charge is -2.07. The Balaban J connectivity index is 1.81. The molecular formula is C20H21NO3. The topological polar surface area (TPSA) is 64.7 Å². The van der Waals surface area contributed by atoms with E-state index in [1.165, 1.54) is 12.2 Å². The molecule has 0 aliphatic carbocycles. The van der Waals surface area contributed by atoms with E-state index in [2.05, 4.69) is 6.58 Å². The van der Waals surface area contributed by atoms with Crippen LogP contribution < -0.4 is 5.73 Å². The summed E-state index contributed by atoms with van der Waals surface area (Å²) < 4.78 is 10.8. The van der Waals surface area contributed by atoms with Crippen LogP contribution in [0, 0.1) is 0 Å². The van der Waals surface area contributed by atoms with E-state index in [4.69, 9.17) is 15.2 Å². The van der Waals surface area contributed by atoms with E-state index in [-0.39, 0.29) is 18.2 Å². The Bertz CT molecular complexity index is 706. The summed E-state index contributed by atoms with van der Waals surface area (Å²) in [4.78, 5) is 0. The zero-order chi connectivity index (χ0) is 17.2. The van der Waals surface area contributed by atoms with E-state index in [9.17, 15) is 5.11 Å². The number of aliphatic hydroxyl groups is 1. The van der Waals surface area contributed by atoms with Gasteiger partial charge in [-0.15, -0.1) is 0 Å². The highest BCUT2D eigenvalue weighted by molar-refractivity contribution is 5.21. The lowest BCUT2D eigenvalue weighted by atomic mass is 10.2. The minimum atomic E-state index is -0.171. The molecule has 0 atom stereocenters. The molecule has 0 amide bonds. The zero-order valence-corrected chi connectivity index (χ0v) is 13.4. The van der Waals surface area contributed by atoms with E-state index >= 15 is 0 Å². The number of benzene rings is 2. The predicted octanol–water partition coefficient (Wildman–Crippen LogP) is 4.18. The van der Waals surface area contributed by atoms with Crippen LogP contribution in [0.3, 0.4) is 0 Å². The van der Waals surface area contributed by atoms with E-state index in [0.717, 1.165) is 11.1 Å². The maximum absolute atomic E-state index is 9.88. The molecule has 3 N–H and O–H groups in total. The third kappa shape index (κ3) is 5.93. The molecule has 0 spiro atoms. The Morgan fingerprint density at radius 1 is 0.875 bits per heavy atom. The Kier molecular flexibility index (Phi) is 6.53. The van der Waals surface area contributed by atoms with Crippen molar-refractivity contribution in [2.75, 3.05) is 0 Å². The van der Waals surface area contributed by atoms with Crippen LogP contribution in [0.1, 0.15) is 11.1 Å². The first-order valence-corrected chi connectivity index (χ1v) is 7.54. The van der Waals surface area contributed by atoms with Gasteiger partial charge in [-0.05, 0) is 23.3 Å². The van der Waals surface area contributed by atoms with Gasteiger partial charge < -0.3 is 20.3 Å². The summed E-state index contributed by atoms with van der Waals surface area (Å²) >= 11 is 0. The minimum absolute atomic E-state index is 0.0500. The van der Waals surface area contributed by atoms with Gasteiger partial charge in [0, 0.05) is 0 Å². The predicted molar refractivity (Wildman–Crippen MR) is 94.6 cm³/mol. The van der Waals surface area contributed by atoms with Gasteiger partial charge in [-0.25, -0.2) is 0 Å². The highest BCUT2D eigenvalue weighted by Crippen LogP contribution is 2.09. The van der Waals surface area contributed by atoms with Crippen LogP contribution in [-0.2, 0) is 22.7 Å². The number of rotatable bonds is 8. The largest absolute Gasteiger partial charge is 0.503 e. The van der Waals surface area contributed by atoms with Crippen LogP contribution >= 0.6 is 0 Å². The fourth-order valence-corrected chi connectivity index (χ4v) is 1.86. The van der Waals surface area contributed by atoms with Crippen molar-refractivity contribution in [2.45, 2.75) is 13.2 Å². The van der Waals surface area contributed by atoms with Crippen LogP contribution in [0.2, 0.25) is 0 Å². The molecule has 0 unspecified atom stereocenters. The summed E-state index contributed by atoms with van der Waals surface area (Å²) in [5.74, 6) is 0.197. The second-order valence-corrected chi connectivity index (χ2v) is 5.10. The van der Waals surface area contributed by atoms with Gasteiger partial charge in [0.1, 0.15) is 19.0 Å². The first-order chi connectivity index (χ1) is 11.6. The minimum Gasteiger partial charge on any atom is -0.503 e. The summed E-state index contributed by atoms with van der Waals surface area (Å²) in [6.07, 6.45) is 2.94. The standard InChI is InChI=1S/C20H21NO3/c1-16(23-14-17-8-4-2-5-9-17)12-13-19(22)20(21)24-15-18-10-6-3-7-11-18/h2-13,22H,1,14-15,21H2/b13-12-,20-19-. The van der Waals surface area contributed by atoms with Crippen molar-refractivity contribution < 1.29 is 14.6 Å². The van der Waals surface area contributed by atoms with E-state index in [1.54, 1.807) is 0 Å². The zero-order valence-electron chi connectivity index (χ0n) is 13.4. The van der Waals surface area contributed by atoms with Gasteiger partial charge in [0.2, 0.25) is 5.88 Å². The van der Waals surface area contributed by atoms with Gasteiger partial charge >= 0.3 is 0 Å². The molecule has 2 rings (SSSR count). The average Bonchev–Trinajstić information content (AvgIpc) is 2.64. The molecule has 124 valence electrons. The second kappa shape index (κ2) is 9.10. The number of allylic oxidation sites excluding steroid dienone is 2. The Morgan fingerprint density at radius 3 is 1.92 bits per heavy atom. The number of hydrogen-bond acceptors (Lipinski definition) is 4. The van der Waals surface area contributed by atoms with Crippen molar-refractivity contribution in [1.29, 1.82) is 0 Å². The van der Waals surface area contributed by atoms with Gasteiger partial charge in [0.15, 0.2) is 5.76 Å². The van der Waals surface area contributed by atoms with E-state index in [0.29, 0.717) is 12.4 Å². The summed E-state index contributed by atoms with van der Waals surface area (Å²) in [5, 5.41) is 9.88. The van der Waals surface area contributed by atoms with Crippen molar-refractivity contribution in [3.63, 3.8) is 0 Å². The number of hydrogen-bond donors (Lipinski definition) is 2. The van der Waals surface area contributed by atoms with Gasteiger partial charge in [0.25, 0.3) is 0 Å². The van der Waals surface area contributed by atoms with Crippen molar-refractivity contribution in [3.8, 4) is 0 Å². The number of ether oxygens (including phenoxy) is 2. The van der Waals surface area contributed by atoms with Crippen molar-refractivity contribution >= 4 is 0 Å². The van der Waals surface area contributed by atoms with Gasteiger partial charge in [-0.1, -0.05) is 67.2 Å². The number of nitrogens with two attached hydrogens (primary N) is 1. The van der Waals surface area contributed by atoms with E-state index < -0.39 is 0 Å². The van der Waals surface area contributed by atoms with Crippen LogP contribution in [0.5, 0.6) is 0 Å². The van der Waals surface area contributed by atoms with Crippen molar-refractivity contribution in [2.24, 2.45) is 5.73 Å². The summed E-state index contributed by atoms with van der Waals surface area (Å²) in [5.41, 5.74) is 7.71. The normalized spacial score (nSPS) is 11.8. The van der Waals surface area contributed by atoms with Crippen molar-refractivity contribution in [3.05, 3.63) is 108 Å². The quantitative estimate of drug-likeness (QED) is 0.565. The fraction of sp³-hybridized carbons (Fsp3) is 0.100. The van der Waals surface area contributed by atoms with Gasteiger partial charge in [-0.3, -0.25) is 0 Å². The molecule has 4 nitrogen and oxygen atoms in total. The van der Waals surface area contributed by atoms with Crippen molar-refractivity contribution in [1.82, 2.24) is 0 Å². The number of aliphatic hydroxyl groups excluding tert-OH is 1. The maximum atomic E-state index is 9.88. The summed E-state index contributed by atoms with van der Waals surface area (Å²) in [7, 11) is 0. The summed E-state index contributed by atoms with van der Waals surface area (Å²) in [6, 6.07) is 19.3. The lowest BCUT2D eigenvalue weighted by molar-refractivity contribution is 0.178. The Hall–Kier alpha value is -3.14. The van der Waals surface area contributed by atoms with Gasteiger partial charge in [0.05, 0.1) is 0 Å². The molecule has 0 aromatic heterocycles. The van der Waals surface area contributed by atoms with Gasteiger partial charge in [-0.2, -0.15) is 0 Å². The highest BCUT2D eigenvalue weighted by Gasteiger charge is 2.01. The average molecular weight is 323 g/mol. The molecule has 0 aliphatic heterocycles. The molecule has 2 aromatic rings. The molecular weight excluding hydrogens is 302 g/mol. The van der Waals surface area contributed by atoms with Crippen LogP contribution in [0.15, 0.2) is 96.8 Å². The highest BCUT2D eigenvalue weighted by atomic mass is 16.5. The molecule has 0 bridgehead atoms. The smallest absolute Gasteiger partial charge is 0.227 e. The Labute approximate surface area is 142 Å². The monoisotopic (exact) mass is 323 g/mol. The third-order valence-corrected chi connectivity index (χ3v) is 3.18. The maximum Gasteiger partial charge on any atom is 0.227 e. The SMILES string of the molecule is C=C(/C=C\C(O)=C(/N)OCc1ccccc1)OCc1ccccc1. The van der Waals surface area contributed by atoms with Crippen LogP contribution in [0.25, 0.3) is 0 Å². The molecule has 0 saturated carbocycles. The molecule has 2 aromatic carbocycles. The molecule has 0 aliphatic rings. The summed E-state index contributed by atoms with van der Waals surface area (Å²) in [6.45, 7) is 4.47. The molecule has 4 heteroatoms. The molecule has 24 heavy (non-hydrogen) atoms. The Morgan fingerprint density at radius 2 is 1.38 bits per heavy atom. The first-order valence-electron chi connectivity index (χ1n) is 7.54. The first kappa shape index (κ1) is 17.2. The third-order valence-electron chi connectivity index (χ3n) is 3.18. The molecule has 0 heterocycles. The second-order valence-electron chi connectivity index (χ2n) is 5.10. The fourth-order valence-electron chi connectivity index (χ4n) is 1.86. The lowest BCUT2D eigenvalue weighted by Crippen LogP contribution is -2.06.